The summed E-state index contributed by atoms with van der Waals surface area (Å²) in [5.41, 5.74) is 2.87. The summed E-state index contributed by atoms with van der Waals surface area (Å²) < 4.78 is 5.65. The number of benzene rings is 3. The van der Waals surface area contributed by atoms with Crippen molar-refractivity contribution in [2.75, 3.05) is 35.7 Å². The molecule has 3 rings (SSSR count). The second-order valence-electron chi connectivity index (χ2n) is 7.91. The van der Waals surface area contributed by atoms with Crippen molar-refractivity contribution in [3.05, 3.63) is 84.4 Å². The summed E-state index contributed by atoms with van der Waals surface area (Å²) in [7, 11) is 1.75. The number of anilines is 3. The van der Waals surface area contributed by atoms with E-state index in [4.69, 9.17) is 4.74 Å². The quantitative estimate of drug-likeness (QED) is 0.497. The Morgan fingerprint density at radius 2 is 1.50 bits per heavy atom. The third-order valence-corrected chi connectivity index (χ3v) is 4.75. The summed E-state index contributed by atoms with van der Waals surface area (Å²) in [6.07, 6.45) is 0. The first-order valence-electron chi connectivity index (χ1n) is 10.6. The van der Waals surface area contributed by atoms with Crippen molar-refractivity contribution in [3.63, 3.8) is 0 Å². The van der Waals surface area contributed by atoms with Gasteiger partial charge in [-0.1, -0.05) is 32.0 Å². The van der Waals surface area contributed by atoms with E-state index < -0.39 is 0 Å². The molecule has 0 saturated heterocycles. The molecule has 32 heavy (non-hydrogen) atoms. The number of hydrogen-bond acceptors (Lipinski definition) is 4. The lowest BCUT2D eigenvalue weighted by Crippen LogP contribution is -2.26. The lowest BCUT2D eigenvalue weighted by Gasteiger charge is -2.17. The maximum atomic E-state index is 12.7. The molecule has 0 radical (unpaired) electrons. The number of rotatable bonds is 9. The normalized spacial score (nSPS) is 10.5. The van der Waals surface area contributed by atoms with Crippen molar-refractivity contribution in [2.24, 2.45) is 5.92 Å². The van der Waals surface area contributed by atoms with Gasteiger partial charge in [0.25, 0.3) is 5.91 Å². The van der Waals surface area contributed by atoms with Crippen molar-refractivity contribution in [1.29, 1.82) is 0 Å². The maximum absolute atomic E-state index is 12.7. The van der Waals surface area contributed by atoms with Gasteiger partial charge in [-0.2, -0.15) is 0 Å². The minimum atomic E-state index is -0.162. The molecule has 166 valence electrons. The molecule has 6 heteroatoms. The van der Waals surface area contributed by atoms with E-state index in [1.807, 2.05) is 54.6 Å². The molecule has 0 fully saturated rings. The number of nitrogens with zero attached hydrogens (tertiary/aromatic N) is 1. The highest BCUT2D eigenvalue weighted by Gasteiger charge is 2.13. The van der Waals surface area contributed by atoms with Crippen LogP contribution in [-0.4, -0.2) is 32.0 Å². The minimum Gasteiger partial charge on any atom is -0.493 e. The molecule has 0 bridgehead atoms. The SMILES string of the molecule is CC(C)COc1ccc(NC(=O)CNc2ccc(C(=O)N(C)c3ccccc3)cc2)cc1. The fourth-order valence-corrected chi connectivity index (χ4v) is 2.98. The average molecular weight is 432 g/mol. The molecule has 0 aromatic heterocycles. The number of carbonyl (C=O) groups excluding carboxylic acids is 2. The van der Waals surface area contributed by atoms with Crippen molar-refractivity contribution in [2.45, 2.75) is 13.8 Å². The molecule has 0 saturated carbocycles. The van der Waals surface area contributed by atoms with Gasteiger partial charge in [0.05, 0.1) is 13.2 Å². The summed E-state index contributed by atoms with van der Waals surface area (Å²) in [5, 5.41) is 5.92. The van der Waals surface area contributed by atoms with E-state index in [9.17, 15) is 9.59 Å². The van der Waals surface area contributed by atoms with Gasteiger partial charge in [0, 0.05) is 29.7 Å². The summed E-state index contributed by atoms with van der Waals surface area (Å²) >= 11 is 0. The fraction of sp³-hybridized carbons (Fsp3) is 0.231. The van der Waals surface area contributed by atoms with Crippen molar-refractivity contribution < 1.29 is 14.3 Å². The number of para-hydroxylation sites is 1. The van der Waals surface area contributed by atoms with Crippen LogP contribution < -0.4 is 20.3 Å². The summed E-state index contributed by atoms with van der Waals surface area (Å²) in [6, 6.07) is 23.9. The average Bonchev–Trinajstić information content (AvgIpc) is 2.82. The highest BCUT2D eigenvalue weighted by molar-refractivity contribution is 6.05. The Labute approximate surface area is 189 Å². The Morgan fingerprint density at radius 3 is 2.12 bits per heavy atom. The summed E-state index contributed by atoms with van der Waals surface area (Å²) in [4.78, 5) is 26.5. The molecule has 0 aliphatic rings. The van der Waals surface area contributed by atoms with E-state index in [2.05, 4.69) is 24.5 Å². The second kappa shape index (κ2) is 11.0. The topological polar surface area (TPSA) is 70.7 Å². The van der Waals surface area contributed by atoms with Gasteiger partial charge in [-0.15, -0.1) is 0 Å². The predicted octanol–water partition coefficient (Wildman–Crippen LogP) is 5.05. The molecule has 2 amide bonds. The zero-order chi connectivity index (χ0) is 22.9. The maximum Gasteiger partial charge on any atom is 0.258 e. The summed E-state index contributed by atoms with van der Waals surface area (Å²) in [5.74, 6) is 0.978. The largest absolute Gasteiger partial charge is 0.493 e. The van der Waals surface area contributed by atoms with Crippen LogP contribution in [0.5, 0.6) is 5.75 Å². The third-order valence-electron chi connectivity index (χ3n) is 4.75. The lowest BCUT2D eigenvalue weighted by atomic mass is 10.1. The van der Waals surface area contributed by atoms with E-state index in [1.165, 1.54) is 0 Å². The number of carbonyl (C=O) groups is 2. The molecule has 3 aromatic rings. The second-order valence-corrected chi connectivity index (χ2v) is 7.91. The Kier molecular flexibility index (Phi) is 7.86. The molecule has 2 N–H and O–H groups in total. The monoisotopic (exact) mass is 431 g/mol. The highest BCUT2D eigenvalue weighted by Crippen LogP contribution is 2.18. The lowest BCUT2D eigenvalue weighted by molar-refractivity contribution is -0.114. The molecular formula is C26H29N3O3. The first kappa shape index (κ1) is 22.9. The van der Waals surface area contributed by atoms with Gasteiger partial charge in [0.2, 0.25) is 5.91 Å². The van der Waals surface area contributed by atoms with Crippen molar-refractivity contribution in [1.82, 2.24) is 0 Å². The van der Waals surface area contributed by atoms with Crippen LogP contribution in [0.3, 0.4) is 0 Å². The Balaban J connectivity index is 1.48. The molecule has 0 aliphatic carbocycles. The summed E-state index contributed by atoms with van der Waals surface area (Å²) in [6.45, 7) is 4.96. The van der Waals surface area contributed by atoms with Gasteiger partial charge in [-0.05, 0) is 66.6 Å². The standard InChI is InChI=1S/C26H29N3O3/c1-19(2)18-32-24-15-13-22(14-16-24)28-25(30)17-27-21-11-9-20(10-12-21)26(31)29(3)23-7-5-4-6-8-23/h4-16,19,27H,17-18H2,1-3H3,(H,28,30). The Bertz CT molecular complexity index is 1020. The molecule has 0 spiro atoms. The minimum absolute atomic E-state index is 0.0960. The van der Waals surface area contributed by atoms with Gasteiger partial charge in [0.15, 0.2) is 0 Å². The molecular weight excluding hydrogens is 402 g/mol. The molecule has 0 atom stereocenters. The van der Waals surface area contributed by atoms with E-state index in [0.717, 1.165) is 17.1 Å². The van der Waals surface area contributed by atoms with Crippen LogP contribution in [0.4, 0.5) is 17.1 Å². The predicted molar refractivity (Wildman–Crippen MR) is 130 cm³/mol. The number of nitrogens with one attached hydrogen (secondary N) is 2. The molecule has 0 heterocycles. The van der Waals surface area contributed by atoms with Crippen molar-refractivity contribution >= 4 is 28.9 Å². The third kappa shape index (κ3) is 6.60. The number of amides is 2. The van der Waals surface area contributed by atoms with Crippen LogP contribution in [0.15, 0.2) is 78.9 Å². The first-order chi connectivity index (χ1) is 15.4. The van der Waals surface area contributed by atoms with Crippen LogP contribution in [0.2, 0.25) is 0 Å². The van der Waals surface area contributed by atoms with Gasteiger partial charge in [-0.3, -0.25) is 9.59 Å². The zero-order valence-electron chi connectivity index (χ0n) is 18.7. The van der Waals surface area contributed by atoms with Gasteiger partial charge in [-0.25, -0.2) is 0 Å². The molecule has 0 unspecified atom stereocenters. The van der Waals surface area contributed by atoms with Crippen LogP contribution in [0.25, 0.3) is 0 Å². The van der Waals surface area contributed by atoms with Crippen LogP contribution >= 0.6 is 0 Å². The number of ether oxygens (including phenoxy) is 1. The van der Waals surface area contributed by atoms with Crippen molar-refractivity contribution in [3.8, 4) is 5.75 Å². The van der Waals surface area contributed by atoms with Crippen LogP contribution in [-0.2, 0) is 4.79 Å². The Morgan fingerprint density at radius 1 is 0.875 bits per heavy atom. The van der Waals surface area contributed by atoms with Crippen LogP contribution in [0, 0.1) is 5.92 Å². The van der Waals surface area contributed by atoms with Gasteiger partial charge >= 0.3 is 0 Å². The smallest absolute Gasteiger partial charge is 0.258 e. The number of hydrogen-bond donors (Lipinski definition) is 2. The first-order valence-corrected chi connectivity index (χ1v) is 10.6. The Hall–Kier alpha value is -3.80. The van der Waals surface area contributed by atoms with E-state index in [1.54, 1.807) is 36.2 Å². The molecule has 6 nitrogen and oxygen atoms in total. The molecule has 3 aromatic carbocycles. The van der Waals surface area contributed by atoms with Gasteiger partial charge < -0.3 is 20.3 Å². The zero-order valence-corrected chi connectivity index (χ0v) is 18.7. The highest BCUT2D eigenvalue weighted by atomic mass is 16.5. The van der Waals surface area contributed by atoms with Gasteiger partial charge in [0.1, 0.15) is 5.75 Å². The van der Waals surface area contributed by atoms with E-state index >= 15 is 0 Å². The van der Waals surface area contributed by atoms with Crippen LogP contribution in [0.1, 0.15) is 24.2 Å². The fourth-order valence-electron chi connectivity index (χ4n) is 2.98. The van der Waals surface area contributed by atoms with E-state index in [-0.39, 0.29) is 18.4 Å². The van der Waals surface area contributed by atoms with E-state index in [0.29, 0.717) is 23.8 Å². The molecule has 0 aliphatic heterocycles.